The van der Waals surface area contributed by atoms with Gasteiger partial charge < -0.3 is 25.0 Å². The van der Waals surface area contributed by atoms with Crippen LogP contribution in [0.25, 0.3) is 0 Å². The Bertz CT molecular complexity index is 827. The van der Waals surface area contributed by atoms with E-state index in [0.29, 0.717) is 5.96 Å². The number of guanidine groups is 1. The Labute approximate surface area is 174 Å². The number of halogens is 2. The standard InChI is InChI=1S/C20H28F2N6O2/c1-23-20(25-13-18-24-6-9-28(18)19(21)22)26-14-4-7-27(8-5-14)15-10-16(29-2)12-17(11-15)30-3/h6,9-12,14,19H,4-5,7-8,13H2,1-3H3,(H2,23,25,26). The van der Waals surface area contributed by atoms with Crippen LogP contribution in [0.2, 0.25) is 0 Å². The second-order valence-electron chi connectivity index (χ2n) is 6.93. The molecule has 2 heterocycles. The molecular formula is C20H28F2N6O2. The van der Waals surface area contributed by atoms with Crippen LogP contribution >= 0.6 is 0 Å². The molecule has 3 rings (SSSR count). The van der Waals surface area contributed by atoms with E-state index in [-0.39, 0.29) is 18.4 Å². The molecule has 0 saturated carbocycles. The lowest BCUT2D eigenvalue weighted by atomic mass is 10.0. The van der Waals surface area contributed by atoms with E-state index in [1.807, 2.05) is 18.2 Å². The number of imidazole rings is 1. The van der Waals surface area contributed by atoms with E-state index in [9.17, 15) is 8.78 Å². The number of aromatic nitrogens is 2. The first-order chi connectivity index (χ1) is 14.5. The molecule has 0 spiro atoms. The maximum atomic E-state index is 12.9. The second kappa shape index (κ2) is 10.1. The summed E-state index contributed by atoms with van der Waals surface area (Å²) in [7, 11) is 4.94. The maximum Gasteiger partial charge on any atom is 0.319 e. The Morgan fingerprint density at radius 2 is 1.87 bits per heavy atom. The van der Waals surface area contributed by atoms with Gasteiger partial charge >= 0.3 is 6.55 Å². The average molecular weight is 422 g/mol. The fraction of sp³-hybridized carbons (Fsp3) is 0.500. The van der Waals surface area contributed by atoms with E-state index in [1.165, 1.54) is 12.4 Å². The Morgan fingerprint density at radius 3 is 2.43 bits per heavy atom. The first kappa shape index (κ1) is 21.7. The number of alkyl halides is 2. The molecule has 0 bridgehead atoms. The van der Waals surface area contributed by atoms with Crippen molar-refractivity contribution < 1.29 is 18.3 Å². The number of nitrogens with zero attached hydrogens (tertiary/aromatic N) is 4. The lowest BCUT2D eigenvalue weighted by molar-refractivity contribution is 0.0668. The minimum atomic E-state index is -2.61. The zero-order valence-electron chi connectivity index (χ0n) is 17.4. The summed E-state index contributed by atoms with van der Waals surface area (Å²) in [5.74, 6) is 2.35. The second-order valence-corrected chi connectivity index (χ2v) is 6.93. The van der Waals surface area contributed by atoms with Crippen molar-refractivity contribution in [2.45, 2.75) is 32.0 Å². The summed E-state index contributed by atoms with van der Waals surface area (Å²) in [5, 5.41) is 6.44. The van der Waals surface area contributed by atoms with Crippen LogP contribution in [0.3, 0.4) is 0 Å². The Balaban J connectivity index is 1.53. The third kappa shape index (κ3) is 5.31. The van der Waals surface area contributed by atoms with E-state index in [0.717, 1.165) is 47.7 Å². The van der Waals surface area contributed by atoms with Crippen molar-refractivity contribution >= 4 is 11.6 Å². The highest BCUT2D eigenvalue weighted by atomic mass is 19.3. The molecule has 30 heavy (non-hydrogen) atoms. The molecule has 1 aliphatic heterocycles. The highest BCUT2D eigenvalue weighted by Gasteiger charge is 2.21. The van der Waals surface area contributed by atoms with E-state index in [1.54, 1.807) is 21.3 Å². The number of rotatable bonds is 7. The molecule has 8 nitrogen and oxygen atoms in total. The molecule has 164 valence electrons. The number of benzene rings is 1. The fourth-order valence-corrected chi connectivity index (χ4v) is 3.47. The van der Waals surface area contributed by atoms with Crippen molar-refractivity contribution in [3.8, 4) is 11.5 Å². The maximum absolute atomic E-state index is 12.9. The van der Waals surface area contributed by atoms with Gasteiger partial charge in [-0.2, -0.15) is 8.78 Å². The predicted octanol–water partition coefficient (Wildman–Crippen LogP) is 2.63. The zero-order valence-corrected chi connectivity index (χ0v) is 17.4. The van der Waals surface area contributed by atoms with Gasteiger partial charge in [0.15, 0.2) is 5.96 Å². The summed E-state index contributed by atoms with van der Waals surface area (Å²) in [6.45, 7) is -0.722. The van der Waals surface area contributed by atoms with Crippen LogP contribution in [0.5, 0.6) is 11.5 Å². The summed E-state index contributed by atoms with van der Waals surface area (Å²) in [6, 6.07) is 6.09. The Hall–Kier alpha value is -3.04. The topological polar surface area (TPSA) is 75.9 Å². The molecule has 2 N–H and O–H groups in total. The van der Waals surface area contributed by atoms with Crippen molar-refractivity contribution in [1.29, 1.82) is 0 Å². The van der Waals surface area contributed by atoms with E-state index in [4.69, 9.17) is 9.47 Å². The third-order valence-electron chi connectivity index (χ3n) is 5.13. The number of aliphatic imine (C=N–C) groups is 1. The lowest BCUT2D eigenvalue weighted by Crippen LogP contribution is -2.48. The minimum Gasteiger partial charge on any atom is -0.497 e. The van der Waals surface area contributed by atoms with E-state index < -0.39 is 6.55 Å². The quantitative estimate of drug-likeness (QED) is 0.528. The number of ether oxygens (including phenoxy) is 2. The van der Waals surface area contributed by atoms with Gasteiger partial charge in [-0.1, -0.05) is 0 Å². The number of hydrogen-bond donors (Lipinski definition) is 2. The van der Waals surface area contributed by atoms with Crippen molar-refractivity contribution in [2.75, 3.05) is 39.3 Å². The van der Waals surface area contributed by atoms with Crippen LogP contribution in [0, 0.1) is 0 Å². The number of anilines is 1. The Kier molecular flexibility index (Phi) is 7.31. The van der Waals surface area contributed by atoms with Crippen molar-refractivity contribution in [1.82, 2.24) is 20.2 Å². The summed E-state index contributed by atoms with van der Waals surface area (Å²) in [4.78, 5) is 10.5. The van der Waals surface area contributed by atoms with Gasteiger partial charge in [0.25, 0.3) is 0 Å². The fourth-order valence-electron chi connectivity index (χ4n) is 3.47. The molecule has 1 aromatic heterocycles. The molecule has 0 radical (unpaired) electrons. The van der Waals surface area contributed by atoms with Gasteiger partial charge in [-0.15, -0.1) is 0 Å². The van der Waals surface area contributed by atoms with E-state index >= 15 is 0 Å². The molecule has 10 heteroatoms. The number of nitrogens with one attached hydrogen (secondary N) is 2. The highest BCUT2D eigenvalue weighted by Crippen LogP contribution is 2.30. The summed E-state index contributed by atoms with van der Waals surface area (Å²) >= 11 is 0. The van der Waals surface area contributed by atoms with Crippen LogP contribution in [-0.2, 0) is 6.54 Å². The van der Waals surface area contributed by atoms with Crippen molar-refractivity contribution in [3.05, 3.63) is 36.4 Å². The molecule has 1 saturated heterocycles. The average Bonchev–Trinajstić information content (AvgIpc) is 3.25. The number of methoxy groups -OCH3 is 2. The molecule has 0 aliphatic carbocycles. The SMILES string of the molecule is CN=C(NCc1nccn1C(F)F)NC1CCN(c2cc(OC)cc(OC)c2)CC1. The zero-order chi connectivity index (χ0) is 21.5. The third-order valence-corrected chi connectivity index (χ3v) is 5.13. The van der Waals surface area contributed by atoms with Gasteiger partial charge in [0.2, 0.25) is 0 Å². The van der Waals surface area contributed by atoms with Crippen molar-refractivity contribution in [3.63, 3.8) is 0 Å². The molecule has 0 amide bonds. The van der Waals surface area contributed by atoms with Gasteiger partial charge in [0.1, 0.15) is 17.3 Å². The van der Waals surface area contributed by atoms with Gasteiger partial charge in [-0.3, -0.25) is 9.56 Å². The summed E-state index contributed by atoms with van der Waals surface area (Å²) in [6.07, 6.45) is 4.45. The molecule has 2 aromatic rings. The van der Waals surface area contributed by atoms with Crippen LogP contribution in [-0.4, -0.2) is 55.9 Å². The minimum absolute atomic E-state index is 0.166. The van der Waals surface area contributed by atoms with Gasteiger partial charge in [-0.05, 0) is 12.8 Å². The number of hydrogen-bond acceptors (Lipinski definition) is 5. The number of piperidine rings is 1. The predicted molar refractivity (Wildman–Crippen MR) is 112 cm³/mol. The molecule has 1 fully saturated rings. The Morgan fingerprint density at radius 1 is 1.20 bits per heavy atom. The smallest absolute Gasteiger partial charge is 0.319 e. The largest absolute Gasteiger partial charge is 0.497 e. The van der Waals surface area contributed by atoms with Crippen LogP contribution in [0.15, 0.2) is 35.6 Å². The van der Waals surface area contributed by atoms with Gasteiger partial charge in [0.05, 0.1) is 20.8 Å². The van der Waals surface area contributed by atoms with Crippen LogP contribution in [0.4, 0.5) is 14.5 Å². The monoisotopic (exact) mass is 422 g/mol. The molecule has 1 aliphatic rings. The van der Waals surface area contributed by atoms with Gasteiger partial charge in [0, 0.05) is 62.5 Å². The van der Waals surface area contributed by atoms with Crippen LogP contribution < -0.4 is 25.0 Å². The van der Waals surface area contributed by atoms with Crippen molar-refractivity contribution in [2.24, 2.45) is 4.99 Å². The molecule has 1 aromatic carbocycles. The lowest BCUT2D eigenvalue weighted by Gasteiger charge is -2.34. The normalized spacial score (nSPS) is 15.4. The highest BCUT2D eigenvalue weighted by molar-refractivity contribution is 5.79. The first-order valence-electron chi connectivity index (χ1n) is 9.79. The molecular weight excluding hydrogens is 394 g/mol. The van der Waals surface area contributed by atoms with E-state index in [2.05, 4.69) is 25.5 Å². The van der Waals surface area contributed by atoms with Gasteiger partial charge in [-0.25, -0.2) is 4.98 Å². The van der Waals surface area contributed by atoms with Crippen LogP contribution in [0.1, 0.15) is 25.2 Å². The molecule has 0 atom stereocenters. The summed E-state index contributed by atoms with van der Waals surface area (Å²) < 4.78 is 37.4. The summed E-state index contributed by atoms with van der Waals surface area (Å²) in [5.41, 5.74) is 1.06. The first-order valence-corrected chi connectivity index (χ1v) is 9.79. The molecule has 0 unspecified atom stereocenters.